The highest BCUT2D eigenvalue weighted by Crippen LogP contribution is 2.36. The zero-order valence-corrected chi connectivity index (χ0v) is 24.3. The van der Waals surface area contributed by atoms with Crippen molar-refractivity contribution in [3.63, 3.8) is 0 Å². The van der Waals surface area contributed by atoms with Gasteiger partial charge in [0.05, 0.1) is 23.6 Å². The van der Waals surface area contributed by atoms with E-state index in [4.69, 9.17) is 9.84 Å². The van der Waals surface area contributed by atoms with Crippen molar-refractivity contribution >= 4 is 33.7 Å². The molecule has 2 aliphatic rings. The van der Waals surface area contributed by atoms with Crippen LogP contribution in [0.5, 0.6) is 5.75 Å². The highest BCUT2D eigenvalue weighted by Gasteiger charge is 2.40. The number of carbonyl (C=O) groups excluding carboxylic acids is 1. The van der Waals surface area contributed by atoms with Crippen LogP contribution in [0, 0.1) is 11.6 Å². The van der Waals surface area contributed by atoms with E-state index in [0.29, 0.717) is 42.1 Å². The summed E-state index contributed by atoms with van der Waals surface area (Å²) in [6.07, 6.45) is 4.49. The van der Waals surface area contributed by atoms with E-state index in [-0.39, 0.29) is 17.7 Å². The highest BCUT2D eigenvalue weighted by atomic mass is 19.1. The van der Waals surface area contributed by atoms with Crippen LogP contribution in [0.15, 0.2) is 73.2 Å². The maximum absolute atomic E-state index is 14.7. The Morgan fingerprint density at radius 2 is 1.93 bits per heavy atom. The van der Waals surface area contributed by atoms with E-state index in [1.165, 1.54) is 29.3 Å². The second kappa shape index (κ2) is 10.7. The topological polar surface area (TPSA) is 103 Å². The Kier molecular flexibility index (Phi) is 6.43. The third-order valence-corrected chi connectivity index (χ3v) is 8.64. The van der Waals surface area contributed by atoms with Crippen LogP contribution in [0.3, 0.4) is 0 Å². The predicted molar refractivity (Wildman–Crippen MR) is 164 cm³/mol. The van der Waals surface area contributed by atoms with E-state index in [1.54, 1.807) is 0 Å². The zero-order valence-electron chi connectivity index (χ0n) is 24.3. The van der Waals surface area contributed by atoms with Crippen LogP contribution in [0.1, 0.15) is 18.5 Å². The van der Waals surface area contributed by atoms with Crippen LogP contribution in [-0.4, -0.2) is 60.7 Å². The van der Waals surface area contributed by atoms with Gasteiger partial charge >= 0.3 is 0 Å². The molecular weight excluding hydrogens is 578 g/mol. The van der Waals surface area contributed by atoms with E-state index < -0.39 is 17.7 Å². The average molecular weight is 607 g/mol. The number of anilines is 1. The Hall–Kier alpha value is -5.39. The van der Waals surface area contributed by atoms with Crippen LogP contribution < -0.4 is 15.0 Å². The van der Waals surface area contributed by atoms with Crippen molar-refractivity contribution < 1.29 is 18.3 Å². The maximum atomic E-state index is 14.7. The van der Waals surface area contributed by atoms with Gasteiger partial charge in [0.25, 0.3) is 0 Å². The van der Waals surface area contributed by atoms with Gasteiger partial charge in [-0.1, -0.05) is 24.3 Å². The minimum absolute atomic E-state index is 0.0570. The van der Waals surface area contributed by atoms with Crippen molar-refractivity contribution in [2.75, 3.05) is 18.0 Å². The van der Waals surface area contributed by atoms with Crippen molar-refractivity contribution in [1.29, 1.82) is 0 Å². The Balaban J connectivity index is 1.18. The lowest BCUT2D eigenvalue weighted by molar-refractivity contribution is -0.122. The minimum atomic E-state index is -0.767. The molecular formula is C33H28F2N8O2. The molecule has 3 aromatic carbocycles. The number of hydrogen-bond donors (Lipinski definition) is 1. The van der Waals surface area contributed by atoms with Gasteiger partial charge < -0.3 is 15.0 Å². The fourth-order valence-corrected chi connectivity index (χ4v) is 6.61. The number of benzene rings is 3. The first-order valence-corrected chi connectivity index (χ1v) is 14.8. The molecule has 1 unspecified atom stereocenters. The Morgan fingerprint density at radius 1 is 1.04 bits per heavy atom. The molecule has 45 heavy (non-hydrogen) atoms. The highest BCUT2D eigenvalue weighted by molar-refractivity contribution is 5.97. The number of nitrogens with zero attached hydrogens (tertiary/aromatic N) is 7. The lowest BCUT2D eigenvalue weighted by atomic mass is 9.98. The second-order valence-corrected chi connectivity index (χ2v) is 11.4. The summed E-state index contributed by atoms with van der Waals surface area (Å²) in [5, 5.41) is 13.9. The summed E-state index contributed by atoms with van der Waals surface area (Å²) in [7, 11) is 1.96. The van der Waals surface area contributed by atoms with Gasteiger partial charge in [-0.15, -0.1) is 0 Å². The van der Waals surface area contributed by atoms with E-state index in [1.807, 2.05) is 47.0 Å². The molecule has 2 atom stereocenters. The van der Waals surface area contributed by atoms with Crippen LogP contribution in [0.25, 0.3) is 38.8 Å². The van der Waals surface area contributed by atoms with Crippen LogP contribution in [-0.2, 0) is 18.3 Å². The number of nitrogens with one attached hydrogen (secondary N) is 1. The van der Waals surface area contributed by atoms with Crippen molar-refractivity contribution in [2.45, 2.75) is 31.4 Å². The molecule has 4 bridgehead atoms. The summed E-state index contributed by atoms with van der Waals surface area (Å²) in [4.78, 5) is 24.6. The first-order valence-electron chi connectivity index (χ1n) is 14.8. The van der Waals surface area contributed by atoms with E-state index in [0.717, 1.165) is 46.6 Å². The van der Waals surface area contributed by atoms with E-state index >= 15 is 0 Å². The molecule has 1 amide bonds. The molecule has 1 saturated heterocycles. The fraction of sp³-hybridized carbons (Fsp3) is 0.242. The molecule has 226 valence electrons. The van der Waals surface area contributed by atoms with Crippen molar-refractivity contribution in [3.8, 4) is 22.6 Å². The molecule has 1 N–H and O–H groups in total. The summed E-state index contributed by atoms with van der Waals surface area (Å²) in [6, 6.07) is 16.9. The monoisotopic (exact) mass is 606 g/mol. The summed E-state index contributed by atoms with van der Waals surface area (Å²) < 4.78 is 38.1. The summed E-state index contributed by atoms with van der Waals surface area (Å²) in [5.41, 5.74) is 4.55. The van der Waals surface area contributed by atoms with Crippen LogP contribution in [0.2, 0.25) is 0 Å². The number of halogens is 2. The standard InChI is InChI=1S/C33H28F2N8O2/c1-41-28-9-4-12-36-33(44)29-15-22(45-21-6-2-5-19(13-21)23-7-3-8-26(40-41)30(23)28)17-42(29)31-24-16-39-43(32(24)38-18-37-31)27-11-10-20(34)14-25(27)35/h2-3,5-8,10-11,13-14,16,18,22,29H,4,9,12,15,17H2,1H3,(H,36,44)/t22?,29-/m0/s1. The number of amides is 1. The molecule has 2 aliphatic heterocycles. The number of rotatable bonds is 2. The molecule has 1 fully saturated rings. The van der Waals surface area contributed by atoms with Gasteiger partial charge in [-0.2, -0.15) is 10.2 Å². The molecule has 3 aromatic heterocycles. The van der Waals surface area contributed by atoms with Gasteiger partial charge in [0, 0.05) is 37.2 Å². The quantitative estimate of drug-likeness (QED) is 0.304. The average Bonchev–Trinajstić information content (AvgIpc) is 3.74. The summed E-state index contributed by atoms with van der Waals surface area (Å²) >= 11 is 0. The van der Waals surface area contributed by atoms with Gasteiger partial charge in [-0.3, -0.25) is 9.48 Å². The smallest absolute Gasteiger partial charge is 0.242 e. The summed E-state index contributed by atoms with van der Waals surface area (Å²) in [6.45, 7) is 0.866. The molecule has 10 nitrogen and oxygen atoms in total. The molecule has 0 saturated carbocycles. The SMILES string of the molecule is Cn1nc2cccc3c2c1CCCNC(=O)[C@@H]1CC(CN1c1ncnc2c1cnn2-c1ccc(F)cc1F)Oc1cccc-3c1. The molecule has 0 radical (unpaired) electrons. The van der Waals surface area contributed by atoms with E-state index in [2.05, 4.69) is 32.5 Å². The predicted octanol–water partition coefficient (Wildman–Crippen LogP) is 4.74. The molecule has 12 heteroatoms. The summed E-state index contributed by atoms with van der Waals surface area (Å²) in [5.74, 6) is -0.403. The van der Waals surface area contributed by atoms with Gasteiger partial charge in [-0.25, -0.2) is 23.4 Å². The Labute approximate surface area is 256 Å². The van der Waals surface area contributed by atoms with Gasteiger partial charge in [0.1, 0.15) is 41.5 Å². The Bertz CT molecular complexity index is 2110. The maximum Gasteiger partial charge on any atom is 0.242 e. The fourth-order valence-electron chi connectivity index (χ4n) is 6.61. The number of fused-ring (bicyclic) bond motifs is 6. The van der Waals surface area contributed by atoms with E-state index in [9.17, 15) is 13.6 Å². The molecule has 5 heterocycles. The second-order valence-electron chi connectivity index (χ2n) is 11.4. The first-order chi connectivity index (χ1) is 21.9. The molecule has 0 aliphatic carbocycles. The molecule has 6 aromatic rings. The number of ether oxygens (including phenoxy) is 1. The molecule has 8 rings (SSSR count). The third-order valence-electron chi connectivity index (χ3n) is 8.64. The lowest BCUT2D eigenvalue weighted by Crippen LogP contribution is -2.44. The van der Waals surface area contributed by atoms with Gasteiger partial charge in [0.15, 0.2) is 11.5 Å². The van der Waals surface area contributed by atoms with Crippen molar-refractivity contribution in [3.05, 3.63) is 90.5 Å². The lowest BCUT2D eigenvalue weighted by Gasteiger charge is -2.25. The number of aryl methyl sites for hydroxylation is 2. The minimum Gasteiger partial charge on any atom is -0.488 e. The van der Waals surface area contributed by atoms with Crippen molar-refractivity contribution in [2.24, 2.45) is 7.05 Å². The third kappa shape index (κ3) is 4.64. The van der Waals surface area contributed by atoms with Gasteiger partial charge in [-0.05, 0) is 54.3 Å². The normalized spacial score (nSPS) is 18.5. The number of carbonyl (C=O) groups is 1. The first kappa shape index (κ1) is 27.2. The largest absolute Gasteiger partial charge is 0.488 e. The zero-order chi connectivity index (χ0) is 30.7. The number of hydrogen-bond acceptors (Lipinski definition) is 7. The van der Waals surface area contributed by atoms with Gasteiger partial charge in [0.2, 0.25) is 5.91 Å². The van der Waals surface area contributed by atoms with Crippen molar-refractivity contribution in [1.82, 2.24) is 34.8 Å². The molecule has 0 spiro atoms. The van der Waals surface area contributed by atoms with Crippen LogP contribution >= 0.6 is 0 Å². The van der Waals surface area contributed by atoms with Crippen LogP contribution in [0.4, 0.5) is 14.6 Å². The number of aromatic nitrogens is 6. The Morgan fingerprint density at radius 3 is 2.82 bits per heavy atom.